The molecule has 0 saturated carbocycles. The summed E-state index contributed by atoms with van der Waals surface area (Å²) in [5, 5.41) is 2.77. The SMILES string of the molecule is COc1cc(NC(=O)/C=C/c2cccc(OC)c2OC)cc(OC)c1. The van der Waals surface area contributed by atoms with Crippen molar-refractivity contribution in [2.24, 2.45) is 0 Å². The zero-order valence-electron chi connectivity index (χ0n) is 14.7. The molecule has 0 aromatic heterocycles. The first-order valence-electron chi connectivity index (χ1n) is 7.54. The molecule has 0 saturated heterocycles. The lowest BCUT2D eigenvalue weighted by Gasteiger charge is -2.10. The van der Waals surface area contributed by atoms with Crippen molar-refractivity contribution in [2.45, 2.75) is 0 Å². The molecule has 0 atom stereocenters. The number of benzene rings is 2. The molecule has 0 heterocycles. The maximum Gasteiger partial charge on any atom is 0.248 e. The summed E-state index contributed by atoms with van der Waals surface area (Å²) < 4.78 is 20.9. The average Bonchev–Trinajstić information content (AvgIpc) is 2.65. The number of methoxy groups -OCH3 is 4. The van der Waals surface area contributed by atoms with E-state index in [1.165, 1.54) is 6.08 Å². The van der Waals surface area contributed by atoms with Gasteiger partial charge in [0.15, 0.2) is 11.5 Å². The lowest BCUT2D eigenvalue weighted by molar-refractivity contribution is -0.111. The molecule has 2 rings (SSSR count). The Morgan fingerprint density at radius 1 is 0.920 bits per heavy atom. The van der Waals surface area contributed by atoms with Crippen LogP contribution in [-0.4, -0.2) is 34.3 Å². The monoisotopic (exact) mass is 343 g/mol. The van der Waals surface area contributed by atoms with Gasteiger partial charge in [-0.15, -0.1) is 0 Å². The third-order valence-electron chi connectivity index (χ3n) is 3.47. The summed E-state index contributed by atoms with van der Waals surface area (Å²) in [6.07, 6.45) is 3.08. The molecule has 0 unspecified atom stereocenters. The third-order valence-corrected chi connectivity index (χ3v) is 3.47. The van der Waals surface area contributed by atoms with Crippen molar-refractivity contribution >= 4 is 17.7 Å². The highest BCUT2D eigenvalue weighted by atomic mass is 16.5. The van der Waals surface area contributed by atoms with Crippen molar-refractivity contribution in [2.75, 3.05) is 33.8 Å². The van der Waals surface area contributed by atoms with Gasteiger partial charge in [-0.3, -0.25) is 4.79 Å². The Morgan fingerprint density at radius 2 is 1.60 bits per heavy atom. The number of ether oxygens (including phenoxy) is 4. The Labute approximate surface area is 147 Å². The van der Waals surface area contributed by atoms with Crippen LogP contribution in [0.4, 0.5) is 5.69 Å². The molecular formula is C19H21NO5. The summed E-state index contributed by atoms with van der Waals surface area (Å²) in [6.45, 7) is 0. The number of anilines is 1. The number of carbonyl (C=O) groups is 1. The average molecular weight is 343 g/mol. The first-order valence-corrected chi connectivity index (χ1v) is 7.54. The summed E-state index contributed by atoms with van der Waals surface area (Å²) in [7, 11) is 6.22. The first kappa shape index (κ1) is 18.2. The van der Waals surface area contributed by atoms with Gasteiger partial charge in [-0.25, -0.2) is 0 Å². The van der Waals surface area contributed by atoms with E-state index in [4.69, 9.17) is 18.9 Å². The molecule has 2 aromatic rings. The van der Waals surface area contributed by atoms with Crippen LogP contribution in [0.25, 0.3) is 6.08 Å². The molecule has 0 aliphatic rings. The number of nitrogens with one attached hydrogen (secondary N) is 1. The number of rotatable bonds is 7. The van der Waals surface area contributed by atoms with Gasteiger partial charge in [0, 0.05) is 35.5 Å². The summed E-state index contributed by atoms with van der Waals surface area (Å²) in [4.78, 5) is 12.2. The van der Waals surface area contributed by atoms with Crippen molar-refractivity contribution in [1.29, 1.82) is 0 Å². The normalized spacial score (nSPS) is 10.4. The molecule has 0 spiro atoms. The lowest BCUT2D eigenvalue weighted by Crippen LogP contribution is -2.08. The fourth-order valence-electron chi connectivity index (χ4n) is 2.27. The Balaban J connectivity index is 2.17. The minimum Gasteiger partial charge on any atom is -0.497 e. The molecule has 6 heteroatoms. The Kier molecular flexibility index (Phi) is 6.28. The molecule has 6 nitrogen and oxygen atoms in total. The molecule has 0 radical (unpaired) electrons. The van der Waals surface area contributed by atoms with Crippen LogP contribution in [0.1, 0.15) is 5.56 Å². The molecular weight excluding hydrogens is 322 g/mol. The number of hydrogen-bond donors (Lipinski definition) is 1. The standard InChI is InChI=1S/C19H21NO5/c1-22-15-10-14(11-16(12-15)23-2)20-18(21)9-8-13-6-5-7-17(24-3)19(13)25-4/h5-12H,1-4H3,(H,20,21)/b9-8+. The molecule has 0 aliphatic heterocycles. The van der Waals surface area contributed by atoms with Crippen LogP contribution in [0.5, 0.6) is 23.0 Å². The van der Waals surface area contributed by atoms with E-state index < -0.39 is 0 Å². The molecule has 1 N–H and O–H groups in total. The minimum atomic E-state index is -0.292. The molecule has 0 aliphatic carbocycles. The Hall–Kier alpha value is -3.15. The van der Waals surface area contributed by atoms with Gasteiger partial charge in [-0.2, -0.15) is 0 Å². The highest BCUT2D eigenvalue weighted by Crippen LogP contribution is 2.31. The van der Waals surface area contributed by atoms with Gasteiger partial charge in [0.25, 0.3) is 0 Å². The highest BCUT2D eigenvalue weighted by molar-refractivity contribution is 6.02. The van der Waals surface area contributed by atoms with Crippen LogP contribution in [0.15, 0.2) is 42.5 Å². The van der Waals surface area contributed by atoms with E-state index in [0.717, 1.165) is 5.56 Å². The van der Waals surface area contributed by atoms with Crippen molar-refractivity contribution < 1.29 is 23.7 Å². The van der Waals surface area contributed by atoms with E-state index in [1.54, 1.807) is 58.8 Å². The summed E-state index contributed by atoms with van der Waals surface area (Å²) in [5.74, 6) is 2.06. The molecule has 132 valence electrons. The van der Waals surface area contributed by atoms with E-state index in [2.05, 4.69) is 5.32 Å². The van der Waals surface area contributed by atoms with Crippen LogP contribution < -0.4 is 24.3 Å². The summed E-state index contributed by atoms with van der Waals surface area (Å²) >= 11 is 0. The first-order chi connectivity index (χ1) is 12.1. The van der Waals surface area contributed by atoms with Gasteiger partial charge in [0.05, 0.1) is 28.4 Å². The minimum absolute atomic E-state index is 0.292. The summed E-state index contributed by atoms with van der Waals surface area (Å²) in [5.41, 5.74) is 1.31. The number of amides is 1. The molecule has 25 heavy (non-hydrogen) atoms. The molecule has 1 amide bonds. The van der Waals surface area contributed by atoms with E-state index in [9.17, 15) is 4.79 Å². The van der Waals surface area contributed by atoms with Crippen LogP contribution in [0, 0.1) is 0 Å². The Morgan fingerprint density at radius 3 is 2.16 bits per heavy atom. The predicted octanol–water partition coefficient (Wildman–Crippen LogP) is 3.37. The van der Waals surface area contributed by atoms with Gasteiger partial charge >= 0.3 is 0 Å². The lowest BCUT2D eigenvalue weighted by atomic mass is 10.1. The highest BCUT2D eigenvalue weighted by Gasteiger charge is 2.08. The van der Waals surface area contributed by atoms with Crippen molar-refractivity contribution in [3.05, 3.63) is 48.0 Å². The predicted molar refractivity (Wildman–Crippen MR) is 96.8 cm³/mol. The summed E-state index contributed by atoms with van der Waals surface area (Å²) in [6, 6.07) is 10.6. The van der Waals surface area contributed by atoms with E-state index >= 15 is 0 Å². The van der Waals surface area contributed by atoms with Crippen molar-refractivity contribution in [3.8, 4) is 23.0 Å². The Bertz CT molecular complexity index is 748. The molecule has 2 aromatic carbocycles. The van der Waals surface area contributed by atoms with Crippen molar-refractivity contribution in [3.63, 3.8) is 0 Å². The van der Waals surface area contributed by atoms with Gasteiger partial charge < -0.3 is 24.3 Å². The van der Waals surface area contributed by atoms with Gasteiger partial charge in [0.2, 0.25) is 5.91 Å². The largest absolute Gasteiger partial charge is 0.497 e. The fourth-order valence-corrected chi connectivity index (χ4v) is 2.27. The topological polar surface area (TPSA) is 66.0 Å². The van der Waals surface area contributed by atoms with E-state index in [-0.39, 0.29) is 5.91 Å². The number of para-hydroxylation sites is 1. The van der Waals surface area contributed by atoms with Crippen LogP contribution in [0.3, 0.4) is 0 Å². The smallest absolute Gasteiger partial charge is 0.248 e. The number of hydrogen-bond acceptors (Lipinski definition) is 5. The quantitative estimate of drug-likeness (QED) is 0.781. The second-order valence-corrected chi connectivity index (χ2v) is 5.01. The van der Waals surface area contributed by atoms with Gasteiger partial charge in [-0.05, 0) is 12.1 Å². The fraction of sp³-hybridized carbons (Fsp3) is 0.211. The van der Waals surface area contributed by atoms with Crippen LogP contribution in [-0.2, 0) is 4.79 Å². The van der Waals surface area contributed by atoms with E-state index in [1.807, 2.05) is 12.1 Å². The maximum atomic E-state index is 12.2. The third kappa shape index (κ3) is 4.67. The molecule has 0 bridgehead atoms. The zero-order valence-corrected chi connectivity index (χ0v) is 14.7. The van der Waals surface area contributed by atoms with Crippen LogP contribution >= 0.6 is 0 Å². The zero-order chi connectivity index (χ0) is 18.2. The maximum absolute atomic E-state index is 12.2. The second kappa shape index (κ2) is 8.63. The molecule has 0 fully saturated rings. The number of carbonyl (C=O) groups excluding carboxylic acids is 1. The second-order valence-electron chi connectivity index (χ2n) is 5.01. The van der Waals surface area contributed by atoms with Gasteiger partial charge in [-0.1, -0.05) is 12.1 Å². The van der Waals surface area contributed by atoms with E-state index in [0.29, 0.717) is 28.7 Å². The van der Waals surface area contributed by atoms with Gasteiger partial charge in [0.1, 0.15) is 11.5 Å². The van der Waals surface area contributed by atoms with Crippen molar-refractivity contribution in [1.82, 2.24) is 0 Å². The van der Waals surface area contributed by atoms with Crippen LogP contribution in [0.2, 0.25) is 0 Å².